The molecule has 0 unspecified atom stereocenters. The average molecular weight is 289 g/mol. The van der Waals surface area contributed by atoms with Crippen molar-refractivity contribution in [3.05, 3.63) is 59.2 Å². The van der Waals surface area contributed by atoms with E-state index >= 15 is 0 Å². The van der Waals surface area contributed by atoms with Crippen molar-refractivity contribution in [3.8, 4) is 0 Å². The van der Waals surface area contributed by atoms with Crippen LogP contribution in [0.5, 0.6) is 0 Å². The summed E-state index contributed by atoms with van der Waals surface area (Å²) in [7, 11) is -4.24. The van der Waals surface area contributed by atoms with Gasteiger partial charge in [0.15, 0.2) is 0 Å². The molecule has 0 atom stereocenters. The minimum Gasteiger partial charge on any atom is -0.399 e. The van der Waals surface area contributed by atoms with Crippen LogP contribution in [0, 0.1) is 6.92 Å². The van der Waals surface area contributed by atoms with E-state index in [1.54, 1.807) is 43.3 Å². The molecule has 0 amide bonds. The van der Waals surface area contributed by atoms with Gasteiger partial charge < -0.3 is 5.73 Å². The van der Waals surface area contributed by atoms with Crippen LogP contribution in [0.2, 0.25) is 0 Å². The Morgan fingerprint density at radius 3 is 2.30 bits per heavy atom. The number of hydrogen-bond acceptors (Lipinski definition) is 3. The summed E-state index contributed by atoms with van der Waals surface area (Å²) in [4.78, 5) is -0.0933. The molecule has 0 spiro atoms. The Hall–Kier alpha value is -2.11. The molecule has 0 bridgehead atoms. The van der Waals surface area contributed by atoms with Crippen LogP contribution in [0.1, 0.15) is 16.7 Å². The van der Waals surface area contributed by atoms with E-state index < -0.39 is 10.1 Å². The number of hydrogen-bond donors (Lipinski definition) is 2. The molecule has 3 N–H and O–H groups in total. The summed E-state index contributed by atoms with van der Waals surface area (Å²) in [6.07, 6.45) is 3.41. The van der Waals surface area contributed by atoms with E-state index in [0.717, 1.165) is 11.1 Å². The highest BCUT2D eigenvalue weighted by molar-refractivity contribution is 7.85. The van der Waals surface area contributed by atoms with Gasteiger partial charge >= 0.3 is 0 Å². The van der Waals surface area contributed by atoms with Gasteiger partial charge in [-0.05, 0) is 41.8 Å². The Balaban J connectivity index is 2.41. The summed E-state index contributed by atoms with van der Waals surface area (Å²) in [6, 6.07) is 12.1. The van der Waals surface area contributed by atoms with Crippen molar-refractivity contribution in [1.29, 1.82) is 0 Å². The predicted molar refractivity (Wildman–Crippen MR) is 80.8 cm³/mol. The number of rotatable bonds is 3. The second-order valence-electron chi connectivity index (χ2n) is 4.52. The Morgan fingerprint density at radius 2 is 1.70 bits per heavy atom. The molecule has 5 heteroatoms. The lowest BCUT2D eigenvalue weighted by Gasteiger charge is -2.04. The Kier molecular flexibility index (Phi) is 3.92. The maximum Gasteiger partial charge on any atom is 0.295 e. The van der Waals surface area contributed by atoms with Crippen molar-refractivity contribution in [1.82, 2.24) is 0 Å². The minimum absolute atomic E-state index is 0.0933. The number of nitrogen functional groups attached to an aromatic ring is 1. The summed E-state index contributed by atoms with van der Waals surface area (Å²) in [5, 5.41) is 0. The quantitative estimate of drug-likeness (QED) is 0.517. The van der Waals surface area contributed by atoms with Gasteiger partial charge in [0, 0.05) is 5.69 Å². The average Bonchev–Trinajstić information content (AvgIpc) is 2.38. The first-order valence-electron chi connectivity index (χ1n) is 5.98. The van der Waals surface area contributed by atoms with E-state index in [0.29, 0.717) is 11.3 Å². The molecule has 2 aromatic rings. The van der Waals surface area contributed by atoms with Gasteiger partial charge in [-0.1, -0.05) is 36.4 Å². The number of nitrogens with two attached hydrogens (primary N) is 1. The Bertz CT molecular complexity index is 747. The van der Waals surface area contributed by atoms with E-state index in [4.69, 9.17) is 5.73 Å². The highest BCUT2D eigenvalue weighted by Crippen LogP contribution is 2.20. The lowest BCUT2D eigenvalue weighted by Crippen LogP contribution is -2.01. The van der Waals surface area contributed by atoms with Crippen LogP contribution < -0.4 is 5.73 Å². The lowest BCUT2D eigenvalue weighted by atomic mass is 10.1. The summed E-state index contributed by atoms with van der Waals surface area (Å²) >= 11 is 0. The van der Waals surface area contributed by atoms with Crippen LogP contribution in [0.15, 0.2) is 47.4 Å². The van der Waals surface area contributed by atoms with Crippen LogP contribution >= 0.6 is 0 Å². The smallest absolute Gasteiger partial charge is 0.295 e. The molecule has 2 aromatic carbocycles. The molecule has 0 aromatic heterocycles. The van der Waals surface area contributed by atoms with Crippen LogP contribution in [-0.4, -0.2) is 13.0 Å². The van der Waals surface area contributed by atoms with E-state index in [2.05, 4.69) is 0 Å². The van der Waals surface area contributed by atoms with E-state index in [9.17, 15) is 13.0 Å². The van der Waals surface area contributed by atoms with Crippen LogP contribution in [0.3, 0.4) is 0 Å². The second-order valence-corrected chi connectivity index (χ2v) is 5.91. The third-order valence-electron chi connectivity index (χ3n) is 2.84. The molecule has 4 nitrogen and oxygen atoms in total. The van der Waals surface area contributed by atoms with E-state index in [1.807, 2.05) is 12.1 Å². The van der Waals surface area contributed by atoms with Crippen molar-refractivity contribution in [2.45, 2.75) is 11.8 Å². The standard InChI is InChI=1S/C15H15NO3S/c1-11-2-6-13(15(10-11)20(17,18)19)7-3-12-4-8-14(16)9-5-12/h2-10H,16H2,1H3,(H,17,18,19)/b7-3+. The highest BCUT2D eigenvalue weighted by atomic mass is 32.2. The maximum absolute atomic E-state index is 11.4. The van der Waals surface area contributed by atoms with Crippen molar-refractivity contribution in [2.24, 2.45) is 0 Å². The van der Waals surface area contributed by atoms with Crippen LogP contribution in [0.25, 0.3) is 12.2 Å². The van der Waals surface area contributed by atoms with E-state index in [1.165, 1.54) is 6.07 Å². The molecule has 20 heavy (non-hydrogen) atoms. The fourth-order valence-electron chi connectivity index (χ4n) is 1.80. The maximum atomic E-state index is 11.4. The number of anilines is 1. The van der Waals surface area contributed by atoms with Gasteiger partial charge in [0.05, 0.1) is 0 Å². The normalized spacial score (nSPS) is 11.9. The topological polar surface area (TPSA) is 80.4 Å². The third kappa shape index (κ3) is 3.46. The molecular weight excluding hydrogens is 274 g/mol. The molecule has 104 valence electrons. The fraction of sp³-hybridized carbons (Fsp3) is 0.0667. The largest absolute Gasteiger partial charge is 0.399 e. The molecule has 0 fully saturated rings. The molecule has 0 aliphatic heterocycles. The Morgan fingerprint density at radius 1 is 1.05 bits per heavy atom. The minimum atomic E-state index is -4.24. The van der Waals surface area contributed by atoms with Crippen LogP contribution in [0.4, 0.5) is 5.69 Å². The summed E-state index contributed by atoms with van der Waals surface area (Å²) in [6.45, 7) is 1.77. The monoisotopic (exact) mass is 289 g/mol. The molecule has 0 saturated heterocycles. The first-order valence-corrected chi connectivity index (χ1v) is 7.42. The Labute approximate surface area is 118 Å². The molecule has 0 aliphatic carbocycles. The summed E-state index contributed by atoms with van der Waals surface area (Å²) < 4.78 is 32.0. The SMILES string of the molecule is Cc1ccc(/C=C/c2ccc(N)cc2)c(S(=O)(=O)O)c1. The van der Waals surface area contributed by atoms with Gasteiger partial charge in [0.25, 0.3) is 10.1 Å². The summed E-state index contributed by atoms with van der Waals surface area (Å²) in [5.74, 6) is 0. The highest BCUT2D eigenvalue weighted by Gasteiger charge is 2.13. The molecule has 0 radical (unpaired) electrons. The second kappa shape index (κ2) is 5.48. The van der Waals surface area contributed by atoms with Gasteiger partial charge in [-0.15, -0.1) is 0 Å². The van der Waals surface area contributed by atoms with Gasteiger partial charge in [0.1, 0.15) is 4.90 Å². The molecular formula is C15H15NO3S. The zero-order chi connectivity index (χ0) is 14.8. The molecule has 0 aliphatic rings. The van der Waals surface area contributed by atoms with Gasteiger partial charge in [-0.3, -0.25) is 4.55 Å². The van der Waals surface area contributed by atoms with Gasteiger partial charge in [-0.25, -0.2) is 0 Å². The van der Waals surface area contributed by atoms with Crippen LogP contribution in [-0.2, 0) is 10.1 Å². The fourth-order valence-corrected chi connectivity index (χ4v) is 2.56. The molecule has 0 heterocycles. The third-order valence-corrected chi connectivity index (χ3v) is 3.75. The number of aryl methyl sites for hydroxylation is 1. The molecule has 0 saturated carbocycles. The first-order chi connectivity index (χ1) is 9.36. The predicted octanol–water partition coefficient (Wildman–Crippen LogP) is 2.99. The van der Waals surface area contributed by atoms with Crippen molar-refractivity contribution in [2.75, 3.05) is 5.73 Å². The lowest BCUT2D eigenvalue weighted by molar-refractivity contribution is 0.483. The van der Waals surface area contributed by atoms with E-state index in [-0.39, 0.29) is 4.90 Å². The molecule has 2 rings (SSSR count). The van der Waals surface area contributed by atoms with Crippen molar-refractivity contribution >= 4 is 28.0 Å². The zero-order valence-electron chi connectivity index (χ0n) is 10.9. The summed E-state index contributed by atoms with van der Waals surface area (Å²) in [5.41, 5.74) is 8.35. The zero-order valence-corrected chi connectivity index (χ0v) is 11.8. The van der Waals surface area contributed by atoms with Gasteiger partial charge in [0.2, 0.25) is 0 Å². The van der Waals surface area contributed by atoms with Crippen molar-refractivity contribution < 1.29 is 13.0 Å². The number of benzene rings is 2. The first kappa shape index (κ1) is 14.3. The van der Waals surface area contributed by atoms with Gasteiger partial charge in [-0.2, -0.15) is 8.42 Å². The van der Waals surface area contributed by atoms with Crippen molar-refractivity contribution in [3.63, 3.8) is 0 Å².